The molecule has 3 amide bonds. The minimum absolute atomic E-state index is 0.174. The number of nitrogens with one attached hydrogen (secondary N) is 3. The van der Waals surface area contributed by atoms with E-state index >= 15 is 0 Å². The molecule has 0 spiro atoms. The van der Waals surface area contributed by atoms with E-state index in [-0.39, 0.29) is 12.5 Å². The lowest BCUT2D eigenvalue weighted by Crippen LogP contribution is -2.32. The molecule has 0 bridgehead atoms. The highest BCUT2D eigenvalue weighted by Crippen LogP contribution is 2.28. The molecule has 0 aromatic heterocycles. The number of ether oxygens (including phenoxy) is 2. The van der Waals surface area contributed by atoms with Gasteiger partial charge in [0.1, 0.15) is 0 Å². The normalized spacial score (nSPS) is 10.5. The fourth-order valence-corrected chi connectivity index (χ4v) is 3.02. The minimum Gasteiger partial charge on any atom is -0.490 e. The quantitative estimate of drug-likeness (QED) is 0.230. The molecule has 0 atom stereocenters. The van der Waals surface area contributed by atoms with E-state index in [1.54, 1.807) is 30.3 Å². The lowest BCUT2D eigenvalue weighted by atomic mass is 10.2. The first-order valence-electron chi connectivity index (χ1n) is 11.4. The molecule has 3 rings (SSSR count). The van der Waals surface area contributed by atoms with E-state index in [0.717, 1.165) is 11.1 Å². The van der Waals surface area contributed by atoms with Crippen LogP contribution in [0.5, 0.6) is 11.5 Å². The molecule has 0 fully saturated rings. The van der Waals surface area contributed by atoms with E-state index in [1.807, 2.05) is 56.3 Å². The van der Waals surface area contributed by atoms with Gasteiger partial charge in [-0.25, -0.2) is 5.43 Å². The molecule has 0 heterocycles. The molecule has 0 aliphatic heterocycles. The van der Waals surface area contributed by atoms with Gasteiger partial charge in [0.15, 0.2) is 18.1 Å². The summed E-state index contributed by atoms with van der Waals surface area (Å²) < 4.78 is 11.2. The van der Waals surface area contributed by atoms with E-state index in [9.17, 15) is 14.4 Å². The van der Waals surface area contributed by atoms with Gasteiger partial charge in [-0.1, -0.05) is 48.0 Å². The fraction of sp³-hybridized carbons (Fsp3) is 0.185. The Balaban J connectivity index is 1.51. The summed E-state index contributed by atoms with van der Waals surface area (Å²) in [6.07, 6.45) is 1.37. The molecular weight excluding hydrogens is 460 g/mol. The van der Waals surface area contributed by atoms with Crippen molar-refractivity contribution in [3.63, 3.8) is 0 Å². The van der Waals surface area contributed by atoms with E-state index in [2.05, 4.69) is 21.2 Å². The number of carbonyl (C=O) groups is 3. The lowest BCUT2D eigenvalue weighted by Gasteiger charge is -2.12. The molecular formula is C27H28N4O5. The molecule has 0 saturated heterocycles. The molecule has 9 heteroatoms. The van der Waals surface area contributed by atoms with Gasteiger partial charge in [-0.3, -0.25) is 14.4 Å². The zero-order valence-electron chi connectivity index (χ0n) is 20.1. The van der Waals surface area contributed by atoms with Crippen molar-refractivity contribution in [2.45, 2.75) is 20.4 Å². The summed E-state index contributed by atoms with van der Waals surface area (Å²) >= 11 is 0. The Kier molecular flexibility index (Phi) is 9.58. The van der Waals surface area contributed by atoms with Crippen LogP contribution in [-0.4, -0.2) is 37.1 Å². The van der Waals surface area contributed by atoms with Crippen molar-refractivity contribution < 1.29 is 23.9 Å². The lowest BCUT2D eigenvalue weighted by molar-refractivity contribution is -0.136. The molecule has 186 valence electrons. The van der Waals surface area contributed by atoms with Crippen LogP contribution in [0.4, 0.5) is 5.69 Å². The largest absolute Gasteiger partial charge is 0.490 e. The average Bonchev–Trinajstić information content (AvgIpc) is 2.89. The number of aryl methyl sites for hydroxylation is 1. The van der Waals surface area contributed by atoms with Gasteiger partial charge in [-0.05, 0) is 55.3 Å². The molecule has 0 radical (unpaired) electrons. The fourth-order valence-electron chi connectivity index (χ4n) is 3.02. The van der Waals surface area contributed by atoms with E-state index in [0.29, 0.717) is 35.9 Å². The van der Waals surface area contributed by atoms with Gasteiger partial charge in [0.2, 0.25) is 0 Å². The Hall–Kier alpha value is -4.66. The molecule has 3 aromatic rings. The number of anilines is 1. The number of hydrogen-bond acceptors (Lipinski definition) is 6. The Bertz CT molecular complexity index is 1210. The number of benzene rings is 3. The Morgan fingerprint density at radius 3 is 2.36 bits per heavy atom. The summed E-state index contributed by atoms with van der Waals surface area (Å²) in [6, 6.07) is 21.6. The maximum absolute atomic E-state index is 12.1. The second-order valence-electron chi connectivity index (χ2n) is 7.71. The van der Waals surface area contributed by atoms with Gasteiger partial charge in [-0.15, -0.1) is 0 Å². The zero-order valence-corrected chi connectivity index (χ0v) is 20.1. The van der Waals surface area contributed by atoms with Crippen LogP contribution in [0.2, 0.25) is 0 Å². The van der Waals surface area contributed by atoms with Crippen molar-refractivity contribution in [1.82, 2.24) is 10.7 Å². The van der Waals surface area contributed by atoms with E-state index < -0.39 is 11.8 Å². The predicted octanol–water partition coefficient (Wildman–Crippen LogP) is 3.18. The molecule has 0 saturated carbocycles. The highest BCUT2D eigenvalue weighted by molar-refractivity contribution is 6.39. The average molecular weight is 489 g/mol. The summed E-state index contributed by atoms with van der Waals surface area (Å²) in [7, 11) is 0. The third kappa shape index (κ3) is 8.28. The highest BCUT2D eigenvalue weighted by atomic mass is 16.5. The maximum atomic E-state index is 12.1. The van der Waals surface area contributed by atoms with Crippen LogP contribution in [0.15, 0.2) is 77.9 Å². The van der Waals surface area contributed by atoms with Crippen LogP contribution in [0.25, 0.3) is 0 Å². The second-order valence-corrected chi connectivity index (χ2v) is 7.71. The van der Waals surface area contributed by atoms with Crippen LogP contribution in [0.1, 0.15) is 23.6 Å². The summed E-state index contributed by atoms with van der Waals surface area (Å²) in [5.74, 6) is -1.19. The Morgan fingerprint density at radius 2 is 1.64 bits per heavy atom. The number of rotatable bonds is 10. The Labute approximate surface area is 209 Å². The number of amides is 3. The molecule has 0 unspecified atom stereocenters. The molecule has 36 heavy (non-hydrogen) atoms. The molecule has 3 N–H and O–H groups in total. The standard InChI is InChI=1S/C27H28N4O5/c1-3-35-24-15-21(17-29-31-27(34)26(33)30-22-12-9-19(2)10-13-22)11-14-23(24)36-18-25(32)28-16-20-7-5-4-6-8-20/h4-15,17H,3,16,18H2,1-2H3,(H,28,32)(H,30,33)(H,31,34)/b29-17+. The van der Waals surface area contributed by atoms with Crippen molar-refractivity contribution in [3.8, 4) is 11.5 Å². The third-order valence-electron chi connectivity index (χ3n) is 4.85. The number of hydrazone groups is 1. The molecule has 9 nitrogen and oxygen atoms in total. The summed E-state index contributed by atoms with van der Waals surface area (Å²) in [5, 5.41) is 9.13. The monoisotopic (exact) mass is 488 g/mol. The highest BCUT2D eigenvalue weighted by Gasteiger charge is 2.13. The van der Waals surface area contributed by atoms with Crippen LogP contribution in [-0.2, 0) is 20.9 Å². The van der Waals surface area contributed by atoms with Crippen molar-refractivity contribution >= 4 is 29.6 Å². The van der Waals surface area contributed by atoms with Crippen LogP contribution < -0.4 is 25.5 Å². The molecule has 3 aromatic carbocycles. The number of nitrogens with zero attached hydrogens (tertiary/aromatic N) is 1. The molecule has 0 aliphatic rings. The first-order chi connectivity index (χ1) is 17.4. The van der Waals surface area contributed by atoms with Crippen molar-refractivity contribution in [3.05, 3.63) is 89.5 Å². The van der Waals surface area contributed by atoms with Gasteiger partial charge in [-0.2, -0.15) is 5.10 Å². The maximum Gasteiger partial charge on any atom is 0.329 e. The summed E-state index contributed by atoms with van der Waals surface area (Å²) in [5.41, 5.74) is 5.32. The van der Waals surface area contributed by atoms with Crippen molar-refractivity contribution in [2.24, 2.45) is 5.10 Å². The molecule has 0 aliphatic carbocycles. The number of carbonyl (C=O) groups excluding carboxylic acids is 3. The van der Waals surface area contributed by atoms with Gasteiger partial charge in [0.05, 0.1) is 12.8 Å². The zero-order chi connectivity index (χ0) is 25.8. The minimum atomic E-state index is -0.904. The predicted molar refractivity (Wildman–Crippen MR) is 137 cm³/mol. The van der Waals surface area contributed by atoms with Gasteiger partial charge >= 0.3 is 11.8 Å². The first kappa shape index (κ1) is 26.0. The Morgan fingerprint density at radius 1 is 0.889 bits per heavy atom. The van der Waals surface area contributed by atoms with Crippen molar-refractivity contribution in [1.29, 1.82) is 0 Å². The van der Waals surface area contributed by atoms with Crippen LogP contribution in [0, 0.1) is 6.92 Å². The summed E-state index contributed by atoms with van der Waals surface area (Å²) in [6.45, 7) is 4.36. The van der Waals surface area contributed by atoms with Crippen molar-refractivity contribution in [2.75, 3.05) is 18.5 Å². The van der Waals surface area contributed by atoms with E-state index in [4.69, 9.17) is 9.47 Å². The van der Waals surface area contributed by atoms with Crippen LogP contribution in [0.3, 0.4) is 0 Å². The van der Waals surface area contributed by atoms with Gasteiger partial charge < -0.3 is 20.1 Å². The van der Waals surface area contributed by atoms with Gasteiger partial charge in [0.25, 0.3) is 5.91 Å². The van der Waals surface area contributed by atoms with E-state index in [1.165, 1.54) is 6.21 Å². The topological polar surface area (TPSA) is 118 Å². The smallest absolute Gasteiger partial charge is 0.329 e. The SMILES string of the molecule is CCOc1cc(/C=N/NC(=O)C(=O)Nc2ccc(C)cc2)ccc1OCC(=O)NCc1ccccc1. The van der Waals surface area contributed by atoms with Gasteiger partial charge in [0, 0.05) is 12.2 Å². The van der Waals surface area contributed by atoms with Crippen LogP contribution >= 0.6 is 0 Å². The third-order valence-corrected chi connectivity index (χ3v) is 4.85. The second kappa shape index (κ2) is 13.3. The number of hydrogen-bond donors (Lipinski definition) is 3. The first-order valence-corrected chi connectivity index (χ1v) is 11.4. The summed E-state index contributed by atoms with van der Waals surface area (Å²) in [4.78, 5) is 36.2.